The van der Waals surface area contributed by atoms with Crippen molar-refractivity contribution in [3.05, 3.63) is 34.9 Å². The fraction of sp³-hybridized carbons (Fsp3) is 0.692. The molecule has 164 valence electrons. The molecular weight excluding hydrogens is 376 g/mol. The maximum absolute atomic E-state index is 12.9. The Hall–Kier alpha value is -1.68. The van der Waals surface area contributed by atoms with E-state index in [0.717, 1.165) is 42.3 Å². The summed E-state index contributed by atoms with van der Waals surface area (Å²) in [5.74, 6) is 3.98. The first-order chi connectivity index (χ1) is 14.2. The molecule has 0 aromatic heterocycles. The van der Waals surface area contributed by atoms with Gasteiger partial charge in [0.1, 0.15) is 0 Å². The number of Topliss-reactive ketones (excluding diaryl/α,β-unsaturated/α-hetero) is 1. The van der Waals surface area contributed by atoms with Crippen molar-refractivity contribution in [1.82, 2.24) is 0 Å². The molecule has 6 unspecified atom stereocenters. The lowest BCUT2D eigenvalue weighted by atomic mass is 9.73. The monoisotopic (exact) mass is 412 g/mol. The minimum Gasteiger partial charge on any atom is -0.462 e. The van der Waals surface area contributed by atoms with Crippen molar-refractivity contribution in [1.29, 1.82) is 0 Å². The quantitative estimate of drug-likeness (QED) is 0.471. The summed E-state index contributed by atoms with van der Waals surface area (Å²) in [5.41, 5.74) is 1.92. The Bertz CT molecular complexity index is 821. The number of hydrogen-bond donors (Lipinski definition) is 0. The second-order valence-electron chi connectivity index (χ2n) is 10.9. The molecule has 4 nitrogen and oxygen atoms in total. The Morgan fingerprint density at radius 1 is 0.967 bits per heavy atom. The minimum absolute atomic E-state index is 0.0265. The fourth-order valence-electron chi connectivity index (χ4n) is 6.66. The SMILES string of the molecule is COCC1CC2CC1C1CCC(COC(=O)c3cc(C(C)=O)cc(C(C)(C)C)c3)C21. The first kappa shape index (κ1) is 21.5. The van der Waals surface area contributed by atoms with Gasteiger partial charge in [0.15, 0.2) is 5.78 Å². The van der Waals surface area contributed by atoms with Gasteiger partial charge in [-0.1, -0.05) is 20.8 Å². The summed E-state index contributed by atoms with van der Waals surface area (Å²) in [6.45, 7) is 9.21. The summed E-state index contributed by atoms with van der Waals surface area (Å²) in [7, 11) is 1.81. The average molecular weight is 413 g/mol. The number of benzene rings is 1. The summed E-state index contributed by atoms with van der Waals surface area (Å²) < 4.78 is 11.3. The van der Waals surface area contributed by atoms with Crippen LogP contribution in [0.5, 0.6) is 0 Å². The number of carbonyl (C=O) groups excluding carboxylic acids is 2. The highest BCUT2D eigenvalue weighted by molar-refractivity contribution is 5.98. The maximum Gasteiger partial charge on any atom is 0.338 e. The maximum atomic E-state index is 12.9. The number of esters is 1. The van der Waals surface area contributed by atoms with Crippen LogP contribution in [0, 0.1) is 35.5 Å². The van der Waals surface area contributed by atoms with Crippen LogP contribution in [-0.2, 0) is 14.9 Å². The second kappa shape index (κ2) is 8.11. The molecule has 4 heteroatoms. The number of hydrogen-bond acceptors (Lipinski definition) is 4. The summed E-state index contributed by atoms with van der Waals surface area (Å²) in [5, 5.41) is 0. The fourth-order valence-corrected chi connectivity index (χ4v) is 6.66. The predicted molar refractivity (Wildman–Crippen MR) is 117 cm³/mol. The summed E-state index contributed by atoms with van der Waals surface area (Å²) in [6, 6.07) is 5.47. The molecule has 4 rings (SSSR count). The Balaban J connectivity index is 1.43. The molecule has 0 radical (unpaired) electrons. The standard InChI is InChI=1S/C26H36O4/c1-15(27)17-8-19(11-21(10-17)26(2,3)4)25(28)30-14-16-6-7-22-23-12-18(24(16)22)9-20(23)13-29-5/h8,10-11,16,18,20,22-24H,6-7,9,12-14H2,1-5H3. The molecule has 3 aliphatic carbocycles. The van der Waals surface area contributed by atoms with Crippen LogP contribution in [0.25, 0.3) is 0 Å². The van der Waals surface area contributed by atoms with E-state index in [2.05, 4.69) is 20.8 Å². The number of carbonyl (C=O) groups is 2. The molecule has 0 amide bonds. The molecule has 0 saturated heterocycles. The Morgan fingerprint density at radius 3 is 2.37 bits per heavy atom. The van der Waals surface area contributed by atoms with Gasteiger partial charge in [0.2, 0.25) is 0 Å². The molecule has 0 spiro atoms. The number of fused-ring (bicyclic) bond motifs is 5. The highest BCUT2D eigenvalue weighted by Gasteiger charge is 2.56. The summed E-state index contributed by atoms with van der Waals surface area (Å²) in [6.07, 6.45) is 5.04. The number of ketones is 1. The molecule has 0 heterocycles. The lowest BCUT2D eigenvalue weighted by Crippen LogP contribution is -2.31. The third-order valence-corrected chi connectivity index (χ3v) is 8.04. The van der Waals surface area contributed by atoms with Crippen molar-refractivity contribution in [2.75, 3.05) is 20.3 Å². The van der Waals surface area contributed by atoms with Crippen molar-refractivity contribution < 1.29 is 19.1 Å². The predicted octanol–water partition coefficient (Wildman–Crippen LogP) is 5.29. The van der Waals surface area contributed by atoms with Crippen LogP contribution in [0.2, 0.25) is 0 Å². The van der Waals surface area contributed by atoms with E-state index in [9.17, 15) is 9.59 Å². The Labute approximate surface area is 180 Å². The van der Waals surface area contributed by atoms with Gasteiger partial charge in [-0.15, -0.1) is 0 Å². The van der Waals surface area contributed by atoms with Gasteiger partial charge in [0.05, 0.1) is 12.2 Å². The van der Waals surface area contributed by atoms with Gasteiger partial charge in [0.25, 0.3) is 0 Å². The summed E-state index contributed by atoms with van der Waals surface area (Å²) >= 11 is 0. The molecule has 30 heavy (non-hydrogen) atoms. The van der Waals surface area contributed by atoms with Gasteiger partial charge in [-0.2, -0.15) is 0 Å². The largest absolute Gasteiger partial charge is 0.462 e. The van der Waals surface area contributed by atoms with Crippen LogP contribution in [-0.4, -0.2) is 32.1 Å². The van der Waals surface area contributed by atoms with Crippen LogP contribution >= 0.6 is 0 Å². The number of ether oxygens (including phenoxy) is 2. The zero-order valence-electron chi connectivity index (χ0n) is 19.1. The highest BCUT2D eigenvalue weighted by atomic mass is 16.5. The smallest absolute Gasteiger partial charge is 0.338 e. The molecular formula is C26H36O4. The van der Waals surface area contributed by atoms with Crippen LogP contribution in [0.3, 0.4) is 0 Å². The summed E-state index contributed by atoms with van der Waals surface area (Å²) in [4.78, 5) is 24.9. The van der Waals surface area contributed by atoms with Crippen molar-refractivity contribution >= 4 is 11.8 Å². The van der Waals surface area contributed by atoms with E-state index in [1.54, 1.807) is 13.0 Å². The molecule has 1 aromatic rings. The molecule has 3 fully saturated rings. The average Bonchev–Trinajstić information content (AvgIpc) is 3.37. The lowest BCUT2D eigenvalue weighted by Gasteiger charge is -2.33. The minimum atomic E-state index is -0.299. The molecule has 3 saturated carbocycles. The highest BCUT2D eigenvalue weighted by Crippen LogP contribution is 2.62. The molecule has 6 atom stereocenters. The van der Waals surface area contributed by atoms with Gasteiger partial charge >= 0.3 is 5.97 Å². The van der Waals surface area contributed by atoms with Crippen molar-refractivity contribution in [2.45, 2.75) is 58.8 Å². The van der Waals surface area contributed by atoms with Crippen molar-refractivity contribution in [3.8, 4) is 0 Å². The lowest BCUT2D eigenvalue weighted by molar-refractivity contribution is 0.0324. The molecule has 3 aliphatic rings. The number of rotatable bonds is 6. The van der Waals surface area contributed by atoms with Gasteiger partial charge in [-0.05, 0) is 97.3 Å². The topological polar surface area (TPSA) is 52.6 Å². The van der Waals surface area contributed by atoms with Gasteiger partial charge in [-0.3, -0.25) is 4.79 Å². The van der Waals surface area contributed by atoms with E-state index in [1.807, 2.05) is 19.2 Å². The number of methoxy groups -OCH3 is 1. The van der Waals surface area contributed by atoms with E-state index in [0.29, 0.717) is 29.6 Å². The zero-order valence-corrected chi connectivity index (χ0v) is 19.1. The first-order valence-corrected chi connectivity index (χ1v) is 11.5. The van der Waals surface area contributed by atoms with Gasteiger partial charge in [-0.25, -0.2) is 4.79 Å². The first-order valence-electron chi connectivity index (χ1n) is 11.5. The normalized spacial score (nSPS) is 32.3. The van der Waals surface area contributed by atoms with Crippen LogP contribution in [0.15, 0.2) is 18.2 Å². The van der Waals surface area contributed by atoms with Crippen molar-refractivity contribution in [2.24, 2.45) is 35.5 Å². The van der Waals surface area contributed by atoms with Gasteiger partial charge < -0.3 is 9.47 Å². The van der Waals surface area contributed by atoms with E-state index in [4.69, 9.17) is 9.47 Å². The third kappa shape index (κ3) is 3.95. The third-order valence-electron chi connectivity index (χ3n) is 8.04. The second-order valence-corrected chi connectivity index (χ2v) is 10.9. The van der Waals surface area contributed by atoms with E-state index in [1.165, 1.54) is 19.3 Å². The van der Waals surface area contributed by atoms with Crippen LogP contribution in [0.1, 0.15) is 79.7 Å². The van der Waals surface area contributed by atoms with Crippen LogP contribution in [0.4, 0.5) is 0 Å². The molecule has 0 aliphatic heterocycles. The molecule has 1 aromatic carbocycles. The van der Waals surface area contributed by atoms with Gasteiger partial charge in [0, 0.05) is 19.3 Å². The van der Waals surface area contributed by atoms with E-state index < -0.39 is 0 Å². The van der Waals surface area contributed by atoms with Crippen LogP contribution < -0.4 is 0 Å². The Kier molecular flexibility index (Phi) is 5.82. The Morgan fingerprint density at radius 2 is 1.70 bits per heavy atom. The zero-order chi connectivity index (χ0) is 21.6. The molecule has 2 bridgehead atoms. The van der Waals surface area contributed by atoms with E-state index in [-0.39, 0.29) is 17.2 Å². The molecule has 0 N–H and O–H groups in total. The van der Waals surface area contributed by atoms with E-state index >= 15 is 0 Å². The van der Waals surface area contributed by atoms with Crippen molar-refractivity contribution in [3.63, 3.8) is 0 Å².